The van der Waals surface area contributed by atoms with Crippen LogP contribution in [-0.2, 0) is 6.32 Å². The zero-order valence-corrected chi connectivity index (χ0v) is 9.81. The van der Waals surface area contributed by atoms with Gasteiger partial charge >= 0.3 is 0 Å². The quantitative estimate of drug-likeness (QED) is 0.699. The SMILES string of the molecule is COc1ccc([BH2-]Cc2ccccc2)cc1. The lowest BCUT2D eigenvalue weighted by Gasteiger charge is -2.08. The summed E-state index contributed by atoms with van der Waals surface area (Å²) < 4.78 is 5.15. The smallest absolute Gasteiger partial charge is 0.118 e. The van der Waals surface area contributed by atoms with Crippen molar-refractivity contribution in [3.05, 3.63) is 60.2 Å². The first-order valence-electron chi connectivity index (χ1n) is 5.91. The van der Waals surface area contributed by atoms with Crippen molar-refractivity contribution in [1.82, 2.24) is 0 Å². The third-order valence-corrected chi connectivity index (χ3v) is 3.09. The van der Waals surface area contributed by atoms with Gasteiger partial charge in [-0.25, -0.2) is 5.46 Å². The van der Waals surface area contributed by atoms with Crippen LogP contribution in [0.25, 0.3) is 0 Å². The van der Waals surface area contributed by atoms with E-state index in [2.05, 4.69) is 42.5 Å². The topological polar surface area (TPSA) is 9.23 Å². The van der Waals surface area contributed by atoms with Gasteiger partial charge in [-0.15, -0.1) is 0 Å². The molecule has 16 heavy (non-hydrogen) atoms. The Morgan fingerprint density at radius 1 is 0.938 bits per heavy atom. The average molecular weight is 211 g/mol. The first-order chi connectivity index (χ1) is 7.88. The fraction of sp³-hybridized carbons (Fsp3) is 0.143. The molecule has 2 aromatic rings. The van der Waals surface area contributed by atoms with E-state index >= 15 is 0 Å². The molecule has 0 bridgehead atoms. The molecule has 0 saturated carbocycles. The largest absolute Gasteiger partial charge is 0.497 e. The molecular weight excluding hydrogens is 195 g/mol. The van der Waals surface area contributed by atoms with Gasteiger partial charge in [0, 0.05) is 7.28 Å². The minimum Gasteiger partial charge on any atom is -0.497 e. The molecule has 0 aliphatic rings. The fourth-order valence-electron chi connectivity index (χ4n) is 2.03. The molecule has 0 amide bonds. The summed E-state index contributed by atoms with van der Waals surface area (Å²) in [6.07, 6.45) is 1.22. The van der Waals surface area contributed by atoms with Gasteiger partial charge in [0.2, 0.25) is 0 Å². The van der Waals surface area contributed by atoms with Crippen molar-refractivity contribution in [2.24, 2.45) is 0 Å². The Hall–Kier alpha value is -1.70. The highest BCUT2D eigenvalue weighted by molar-refractivity contribution is 6.52. The van der Waals surface area contributed by atoms with Crippen molar-refractivity contribution >= 4 is 12.7 Å². The molecule has 0 N–H and O–H groups in total. The lowest BCUT2D eigenvalue weighted by molar-refractivity contribution is 0.415. The second kappa shape index (κ2) is 5.41. The lowest BCUT2D eigenvalue weighted by atomic mass is 9.65. The van der Waals surface area contributed by atoms with Gasteiger partial charge in [-0.2, -0.15) is 6.32 Å². The molecule has 0 fully saturated rings. The van der Waals surface area contributed by atoms with Gasteiger partial charge < -0.3 is 4.74 Å². The van der Waals surface area contributed by atoms with Crippen LogP contribution in [0.15, 0.2) is 54.6 Å². The van der Waals surface area contributed by atoms with Crippen LogP contribution in [0.1, 0.15) is 5.56 Å². The maximum atomic E-state index is 5.15. The van der Waals surface area contributed by atoms with E-state index in [-0.39, 0.29) is 7.28 Å². The zero-order chi connectivity index (χ0) is 11.2. The summed E-state index contributed by atoms with van der Waals surface area (Å²) in [4.78, 5) is 0. The van der Waals surface area contributed by atoms with E-state index < -0.39 is 0 Å². The van der Waals surface area contributed by atoms with Gasteiger partial charge in [-0.3, -0.25) is 0 Å². The van der Waals surface area contributed by atoms with Crippen molar-refractivity contribution < 1.29 is 4.74 Å². The molecule has 0 aliphatic carbocycles. The predicted molar refractivity (Wildman–Crippen MR) is 71.3 cm³/mol. The number of methoxy groups -OCH3 is 1. The second-order valence-corrected chi connectivity index (χ2v) is 4.21. The molecule has 0 atom stereocenters. The Labute approximate surface area is 97.3 Å². The Morgan fingerprint density at radius 2 is 1.62 bits per heavy atom. The second-order valence-electron chi connectivity index (χ2n) is 4.21. The van der Waals surface area contributed by atoms with Crippen molar-refractivity contribution in [3.8, 4) is 5.75 Å². The summed E-state index contributed by atoms with van der Waals surface area (Å²) in [6, 6.07) is 19.1. The number of hydrogen-bond donors (Lipinski definition) is 0. The summed E-state index contributed by atoms with van der Waals surface area (Å²) in [5, 5.41) is 0. The van der Waals surface area contributed by atoms with Gasteiger partial charge in [0.05, 0.1) is 7.11 Å². The van der Waals surface area contributed by atoms with Gasteiger partial charge in [0.1, 0.15) is 5.75 Å². The molecule has 0 spiro atoms. The van der Waals surface area contributed by atoms with Crippen molar-refractivity contribution in [2.75, 3.05) is 7.11 Å². The number of benzene rings is 2. The minimum atomic E-state index is -0.0623. The van der Waals surface area contributed by atoms with E-state index in [0.29, 0.717) is 0 Å². The fourth-order valence-corrected chi connectivity index (χ4v) is 2.03. The molecule has 0 radical (unpaired) electrons. The third kappa shape index (κ3) is 2.90. The summed E-state index contributed by atoms with van der Waals surface area (Å²) in [5.41, 5.74) is 2.92. The maximum Gasteiger partial charge on any atom is 0.118 e. The molecule has 82 valence electrons. The van der Waals surface area contributed by atoms with Crippen LogP contribution in [0.4, 0.5) is 0 Å². The van der Waals surface area contributed by atoms with E-state index in [1.54, 1.807) is 7.11 Å². The molecular formula is C14H16BO-. The summed E-state index contributed by atoms with van der Waals surface area (Å²) in [7, 11) is 1.64. The van der Waals surface area contributed by atoms with Crippen LogP contribution in [0.5, 0.6) is 5.75 Å². The normalized spacial score (nSPS) is 10.1. The van der Waals surface area contributed by atoms with Gasteiger partial charge in [-0.05, 0) is 12.1 Å². The zero-order valence-electron chi connectivity index (χ0n) is 9.81. The minimum absolute atomic E-state index is 0.0623. The van der Waals surface area contributed by atoms with Gasteiger partial charge in [0.15, 0.2) is 0 Å². The Bertz CT molecular complexity index is 422. The van der Waals surface area contributed by atoms with Gasteiger partial charge in [0.25, 0.3) is 0 Å². The van der Waals surface area contributed by atoms with Crippen LogP contribution in [0.3, 0.4) is 0 Å². The van der Waals surface area contributed by atoms with E-state index in [0.717, 1.165) is 5.75 Å². The first-order valence-corrected chi connectivity index (χ1v) is 5.91. The molecule has 0 saturated heterocycles. The number of hydrogen-bond acceptors (Lipinski definition) is 1. The maximum absolute atomic E-state index is 5.15. The highest BCUT2D eigenvalue weighted by Gasteiger charge is 1.91. The Kier molecular flexibility index (Phi) is 3.65. The van der Waals surface area contributed by atoms with Crippen LogP contribution >= 0.6 is 0 Å². The number of rotatable bonds is 4. The third-order valence-electron chi connectivity index (χ3n) is 3.09. The van der Waals surface area contributed by atoms with E-state index in [4.69, 9.17) is 4.74 Å². The van der Waals surface area contributed by atoms with Crippen LogP contribution in [-0.4, -0.2) is 14.4 Å². The summed E-state index contributed by atoms with van der Waals surface area (Å²) in [5.74, 6) is 0.940. The molecule has 2 aromatic carbocycles. The highest BCUT2D eigenvalue weighted by atomic mass is 16.5. The molecule has 0 unspecified atom stereocenters. The molecule has 2 heteroatoms. The van der Waals surface area contributed by atoms with Crippen LogP contribution < -0.4 is 10.2 Å². The van der Waals surface area contributed by atoms with E-state index in [1.165, 1.54) is 17.3 Å². The van der Waals surface area contributed by atoms with Crippen LogP contribution in [0.2, 0.25) is 0 Å². The van der Waals surface area contributed by atoms with Crippen LogP contribution in [0, 0.1) is 0 Å². The first kappa shape index (κ1) is 10.8. The molecule has 0 heterocycles. The van der Waals surface area contributed by atoms with Crippen molar-refractivity contribution in [1.29, 1.82) is 0 Å². The molecule has 0 aromatic heterocycles. The van der Waals surface area contributed by atoms with Crippen molar-refractivity contribution in [2.45, 2.75) is 6.32 Å². The summed E-state index contributed by atoms with van der Waals surface area (Å²) in [6.45, 7) is 0. The molecule has 0 aliphatic heterocycles. The summed E-state index contributed by atoms with van der Waals surface area (Å²) >= 11 is 0. The van der Waals surface area contributed by atoms with Crippen molar-refractivity contribution in [3.63, 3.8) is 0 Å². The lowest BCUT2D eigenvalue weighted by Crippen LogP contribution is -2.15. The monoisotopic (exact) mass is 211 g/mol. The highest BCUT2D eigenvalue weighted by Crippen LogP contribution is 2.05. The standard InChI is InChI=1S/C14H16BO/c1-16-14-9-7-13(8-10-14)15-11-12-5-3-2-4-6-12/h2-10H,11,15H2,1H3/q-1. The average Bonchev–Trinajstić information content (AvgIpc) is 2.38. The Morgan fingerprint density at radius 3 is 2.25 bits per heavy atom. The van der Waals surface area contributed by atoms with Gasteiger partial charge in [-0.1, -0.05) is 48.0 Å². The molecule has 1 nitrogen and oxygen atoms in total. The van der Waals surface area contributed by atoms with E-state index in [9.17, 15) is 0 Å². The number of ether oxygens (including phenoxy) is 1. The van der Waals surface area contributed by atoms with E-state index in [1.807, 2.05) is 12.1 Å². The molecule has 2 rings (SSSR count). The Balaban J connectivity index is 1.94. The predicted octanol–water partition coefficient (Wildman–Crippen LogP) is 1.69.